The Hall–Kier alpha value is -1.81. The van der Waals surface area contributed by atoms with Gasteiger partial charge in [0, 0.05) is 6.61 Å². The molecule has 0 saturated heterocycles. The average molecular weight is 477 g/mol. The van der Waals surface area contributed by atoms with Gasteiger partial charge in [-0.15, -0.1) is 0 Å². The normalized spacial score (nSPS) is 20.7. The quantitative estimate of drug-likeness (QED) is 0.195. The Kier molecular flexibility index (Phi) is 7.68. The van der Waals surface area contributed by atoms with Crippen molar-refractivity contribution in [1.82, 2.24) is 0 Å². The fourth-order valence-corrected chi connectivity index (χ4v) is 3.35. The van der Waals surface area contributed by atoms with Crippen molar-refractivity contribution in [3.8, 4) is 0 Å². The van der Waals surface area contributed by atoms with E-state index >= 15 is 0 Å². The largest absolute Gasteiger partial charge is 0.460 e. The molecule has 1 aromatic carbocycles. The van der Waals surface area contributed by atoms with Gasteiger partial charge >= 0.3 is 12.1 Å². The summed E-state index contributed by atoms with van der Waals surface area (Å²) in [5.74, 6) is -9.92. The lowest BCUT2D eigenvalue weighted by molar-refractivity contribution is -0.147. The van der Waals surface area contributed by atoms with Crippen molar-refractivity contribution in [1.29, 1.82) is 0 Å². The maximum atomic E-state index is 14.2. The molecule has 2 atom stereocenters. The van der Waals surface area contributed by atoms with Crippen LogP contribution in [0.25, 0.3) is 0 Å². The molecule has 0 N–H and O–H groups in total. The molecule has 31 heavy (non-hydrogen) atoms. The summed E-state index contributed by atoms with van der Waals surface area (Å²) < 4.78 is 104. The van der Waals surface area contributed by atoms with Gasteiger partial charge < -0.3 is 9.47 Å². The third-order valence-electron chi connectivity index (χ3n) is 5.16. The third-order valence-corrected chi connectivity index (χ3v) is 5.50. The number of carbonyl (C=O) groups is 1. The number of ether oxygens (including phenoxy) is 2. The number of allylic oxidation sites excluding steroid dienone is 2. The first-order valence-electron chi connectivity index (χ1n) is 9.27. The van der Waals surface area contributed by atoms with Crippen LogP contribution < -0.4 is 0 Å². The lowest BCUT2D eigenvalue weighted by atomic mass is 10.1. The number of benzene rings is 1. The van der Waals surface area contributed by atoms with E-state index in [0.29, 0.717) is 12.5 Å². The number of halogens is 8. The van der Waals surface area contributed by atoms with Gasteiger partial charge in [-0.2, -0.15) is 13.2 Å². The predicted octanol–water partition coefficient (Wildman–Crippen LogP) is 6.17. The van der Waals surface area contributed by atoms with Crippen molar-refractivity contribution in [2.24, 2.45) is 17.3 Å². The highest BCUT2D eigenvalue weighted by Gasteiger charge is 2.62. The van der Waals surface area contributed by atoms with Crippen LogP contribution in [-0.4, -0.2) is 18.8 Å². The topological polar surface area (TPSA) is 35.5 Å². The summed E-state index contributed by atoms with van der Waals surface area (Å²) >= 11 is 5.19. The summed E-state index contributed by atoms with van der Waals surface area (Å²) in [6.45, 7) is 2.97. The molecule has 0 heterocycles. The molecule has 0 bridgehead atoms. The number of carbonyl (C=O) groups excluding carboxylic acids is 1. The number of esters is 1. The zero-order valence-electron chi connectivity index (χ0n) is 16.8. The Bertz CT molecular complexity index is 852. The third kappa shape index (κ3) is 5.34. The van der Waals surface area contributed by atoms with Gasteiger partial charge in [0.15, 0.2) is 23.3 Å². The Labute approximate surface area is 179 Å². The van der Waals surface area contributed by atoms with Crippen LogP contribution in [0.1, 0.15) is 38.3 Å². The number of alkyl halides is 3. The summed E-state index contributed by atoms with van der Waals surface area (Å²) in [7, 11) is 0. The van der Waals surface area contributed by atoms with Gasteiger partial charge in [0.05, 0.1) is 23.7 Å². The van der Waals surface area contributed by atoms with Gasteiger partial charge in [0.2, 0.25) is 0 Å². The van der Waals surface area contributed by atoms with Gasteiger partial charge in [0.1, 0.15) is 11.6 Å². The number of rotatable bonds is 8. The minimum Gasteiger partial charge on any atom is -0.460 e. The van der Waals surface area contributed by atoms with Crippen LogP contribution in [-0.2, 0) is 27.5 Å². The standard InChI is InChI=1S/C20H20ClF7O3/c1-4-5-30-7-9-14(22)16(24)10(17(25)15(9)23)8-31-18(29)13-11(19(13,2)3)6-12(21)20(26,27)28/h6,11,13H,4-5,7-8H2,1-3H3/t11-,13-/m0/s1. The van der Waals surface area contributed by atoms with Gasteiger partial charge in [-0.1, -0.05) is 38.4 Å². The van der Waals surface area contributed by atoms with Crippen LogP contribution in [0.2, 0.25) is 0 Å². The Morgan fingerprint density at radius 1 is 1.03 bits per heavy atom. The lowest BCUT2D eigenvalue weighted by Gasteiger charge is -2.13. The number of hydrogen-bond donors (Lipinski definition) is 0. The molecule has 1 saturated carbocycles. The van der Waals surface area contributed by atoms with Crippen molar-refractivity contribution in [3.63, 3.8) is 0 Å². The van der Waals surface area contributed by atoms with E-state index in [1.54, 1.807) is 6.92 Å². The van der Waals surface area contributed by atoms with E-state index in [2.05, 4.69) is 0 Å². The van der Waals surface area contributed by atoms with Crippen LogP contribution in [0, 0.1) is 40.5 Å². The van der Waals surface area contributed by atoms with E-state index in [4.69, 9.17) is 21.1 Å². The second kappa shape index (κ2) is 9.36. The second-order valence-corrected chi connectivity index (χ2v) is 8.12. The molecule has 1 aliphatic carbocycles. The van der Waals surface area contributed by atoms with Crippen LogP contribution in [0.15, 0.2) is 11.1 Å². The molecule has 1 aliphatic rings. The van der Waals surface area contributed by atoms with E-state index in [9.17, 15) is 35.5 Å². The SMILES string of the molecule is CCCOCc1c(F)c(F)c(COC(=O)[C@@H]2[C@H](C=C(Cl)C(F)(F)F)C2(C)C)c(F)c1F. The maximum absolute atomic E-state index is 14.2. The van der Waals surface area contributed by atoms with Crippen LogP contribution in [0.4, 0.5) is 30.7 Å². The van der Waals surface area contributed by atoms with Crippen molar-refractivity contribution in [2.45, 2.75) is 46.6 Å². The molecule has 1 aromatic rings. The zero-order valence-corrected chi connectivity index (χ0v) is 17.6. The van der Waals surface area contributed by atoms with Gasteiger partial charge in [-0.25, -0.2) is 17.6 Å². The maximum Gasteiger partial charge on any atom is 0.426 e. The first-order valence-corrected chi connectivity index (χ1v) is 9.65. The van der Waals surface area contributed by atoms with E-state index < -0.39 is 82.0 Å². The fraction of sp³-hybridized carbons (Fsp3) is 0.550. The molecular formula is C20H20ClF7O3. The molecule has 0 unspecified atom stereocenters. The molecule has 0 aromatic heterocycles. The summed E-state index contributed by atoms with van der Waals surface area (Å²) in [6, 6.07) is 0. The molecule has 1 fully saturated rings. The van der Waals surface area contributed by atoms with Gasteiger partial charge in [-0.3, -0.25) is 4.79 Å². The van der Waals surface area contributed by atoms with E-state index in [-0.39, 0.29) is 6.61 Å². The Morgan fingerprint density at radius 3 is 1.97 bits per heavy atom. The van der Waals surface area contributed by atoms with Crippen molar-refractivity contribution in [2.75, 3.05) is 6.61 Å². The molecular weight excluding hydrogens is 457 g/mol. The van der Waals surface area contributed by atoms with E-state index in [1.165, 1.54) is 13.8 Å². The molecule has 0 radical (unpaired) electrons. The molecule has 0 aliphatic heterocycles. The van der Waals surface area contributed by atoms with Crippen LogP contribution >= 0.6 is 11.6 Å². The van der Waals surface area contributed by atoms with Crippen LogP contribution in [0.3, 0.4) is 0 Å². The predicted molar refractivity (Wildman–Crippen MR) is 96.8 cm³/mol. The molecule has 3 nitrogen and oxygen atoms in total. The molecule has 0 spiro atoms. The monoisotopic (exact) mass is 476 g/mol. The molecule has 2 rings (SSSR count). The minimum absolute atomic E-state index is 0.118. The Morgan fingerprint density at radius 2 is 1.52 bits per heavy atom. The summed E-state index contributed by atoms with van der Waals surface area (Å²) in [4.78, 5) is 12.2. The first-order chi connectivity index (χ1) is 14.2. The van der Waals surface area contributed by atoms with E-state index in [0.717, 1.165) is 0 Å². The highest BCUT2D eigenvalue weighted by molar-refractivity contribution is 6.30. The highest BCUT2D eigenvalue weighted by atomic mass is 35.5. The van der Waals surface area contributed by atoms with Gasteiger partial charge in [-0.05, 0) is 17.8 Å². The Balaban J connectivity index is 2.15. The lowest BCUT2D eigenvalue weighted by Crippen LogP contribution is -2.15. The summed E-state index contributed by atoms with van der Waals surface area (Å²) in [5.41, 5.74) is -3.05. The zero-order chi connectivity index (χ0) is 23.7. The molecule has 0 amide bonds. The minimum atomic E-state index is -4.79. The highest BCUT2D eigenvalue weighted by Crippen LogP contribution is 2.60. The molecule has 11 heteroatoms. The van der Waals surface area contributed by atoms with Crippen molar-refractivity contribution in [3.05, 3.63) is 45.5 Å². The number of hydrogen-bond acceptors (Lipinski definition) is 3. The second-order valence-electron chi connectivity index (χ2n) is 7.71. The first kappa shape index (κ1) is 25.5. The smallest absolute Gasteiger partial charge is 0.426 e. The van der Waals surface area contributed by atoms with E-state index in [1.807, 2.05) is 0 Å². The van der Waals surface area contributed by atoms with Gasteiger partial charge in [0.25, 0.3) is 0 Å². The van der Waals surface area contributed by atoms with Crippen LogP contribution in [0.5, 0.6) is 0 Å². The summed E-state index contributed by atoms with van der Waals surface area (Å²) in [5, 5.41) is -1.41. The summed E-state index contributed by atoms with van der Waals surface area (Å²) in [6.07, 6.45) is -3.61. The molecule has 174 valence electrons. The fourth-order valence-electron chi connectivity index (χ4n) is 3.22. The van der Waals surface area contributed by atoms with Crippen molar-refractivity contribution >= 4 is 17.6 Å². The van der Waals surface area contributed by atoms with Crippen molar-refractivity contribution < 1.29 is 45.0 Å². The average Bonchev–Trinajstić information content (AvgIpc) is 3.22.